The number of halogens is 1. The molecule has 33 heavy (non-hydrogen) atoms. The molecular formula is C26H24FN3O3. The molecule has 0 aliphatic carbocycles. The van der Waals surface area contributed by atoms with E-state index in [1.807, 2.05) is 26.0 Å². The van der Waals surface area contributed by atoms with Gasteiger partial charge in [0.2, 0.25) is 11.8 Å². The number of hydrogen-bond donors (Lipinski definition) is 3. The highest BCUT2D eigenvalue weighted by atomic mass is 19.1. The summed E-state index contributed by atoms with van der Waals surface area (Å²) < 4.78 is 19.7. The summed E-state index contributed by atoms with van der Waals surface area (Å²) in [5.41, 5.74) is 10.0. The molecule has 0 spiro atoms. The number of carbonyl (C=O) groups is 2. The van der Waals surface area contributed by atoms with Crippen molar-refractivity contribution in [1.29, 1.82) is 0 Å². The predicted octanol–water partition coefficient (Wildman–Crippen LogP) is 4.54. The summed E-state index contributed by atoms with van der Waals surface area (Å²) in [6, 6.07) is 10.5. The lowest BCUT2D eigenvalue weighted by atomic mass is 10.0. The van der Waals surface area contributed by atoms with Gasteiger partial charge in [0, 0.05) is 35.2 Å². The molecule has 2 aromatic heterocycles. The number of fused-ring (bicyclic) bond motifs is 2. The fraction of sp³-hybridized carbons (Fsp3) is 0.154. The Labute approximate surface area is 190 Å². The van der Waals surface area contributed by atoms with Gasteiger partial charge in [-0.2, -0.15) is 0 Å². The molecule has 4 N–H and O–H groups in total. The zero-order valence-corrected chi connectivity index (χ0v) is 18.4. The number of carbonyl (C=O) groups excluding carboxylic acids is 2. The first-order valence-electron chi connectivity index (χ1n) is 10.5. The van der Waals surface area contributed by atoms with Gasteiger partial charge in [-0.25, -0.2) is 4.39 Å². The van der Waals surface area contributed by atoms with Crippen molar-refractivity contribution in [2.45, 2.75) is 20.3 Å². The second-order valence-electron chi connectivity index (χ2n) is 7.90. The number of aromatic nitrogens is 1. The first kappa shape index (κ1) is 22.1. The van der Waals surface area contributed by atoms with Crippen LogP contribution in [0, 0.1) is 19.7 Å². The third-order valence-corrected chi connectivity index (χ3v) is 5.50. The summed E-state index contributed by atoms with van der Waals surface area (Å²) in [6.07, 6.45) is 6.53. The van der Waals surface area contributed by atoms with Gasteiger partial charge in [-0.1, -0.05) is 12.1 Å². The Kier molecular flexibility index (Phi) is 6.13. The fourth-order valence-corrected chi connectivity index (χ4v) is 3.93. The predicted molar refractivity (Wildman–Crippen MR) is 128 cm³/mol. The second-order valence-corrected chi connectivity index (χ2v) is 7.90. The van der Waals surface area contributed by atoms with Crippen molar-refractivity contribution in [3.63, 3.8) is 0 Å². The molecule has 0 fully saturated rings. The number of hydrogen-bond acceptors (Lipinski definition) is 3. The van der Waals surface area contributed by atoms with Crippen LogP contribution in [0.1, 0.15) is 28.1 Å². The fourth-order valence-electron chi connectivity index (χ4n) is 3.93. The van der Waals surface area contributed by atoms with Crippen LogP contribution in [0.2, 0.25) is 0 Å². The molecule has 0 atom stereocenters. The molecule has 0 aliphatic rings. The van der Waals surface area contributed by atoms with Crippen molar-refractivity contribution >= 4 is 45.8 Å². The van der Waals surface area contributed by atoms with Crippen LogP contribution in [0.4, 0.5) is 4.39 Å². The summed E-state index contributed by atoms with van der Waals surface area (Å²) in [5, 5.41) is 4.61. The number of benzene rings is 2. The van der Waals surface area contributed by atoms with Crippen molar-refractivity contribution in [2.75, 3.05) is 6.54 Å². The van der Waals surface area contributed by atoms with E-state index in [4.69, 9.17) is 10.2 Å². The van der Waals surface area contributed by atoms with Crippen molar-refractivity contribution in [1.82, 2.24) is 10.3 Å². The SMILES string of the molecule is Cc1[nH]c2c(F)ccc(C)c2c1CCNC(=O)/C=C/c1ccc2oc(/C=C/C(N)=O)cc2c1. The van der Waals surface area contributed by atoms with Crippen LogP contribution in [0.3, 0.4) is 0 Å². The van der Waals surface area contributed by atoms with Crippen molar-refractivity contribution < 1.29 is 18.4 Å². The molecule has 0 bridgehead atoms. The van der Waals surface area contributed by atoms with E-state index in [1.165, 1.54) is 24.3 Å². The third kappa shape index (κ3) is 4.87. The highest BCUT2D eigenvalue weighted by Gasteiger charge is 2.13. The van der Waals surface area contributed by atoms with Crippen LogP contribution in [-0.4, -0.2) is 23.3 Å². The lowest BCUT2D eigenvalue weighted by molar-refractivity contribution is -0.116. The average molecular weight is 445 g/mol. The molecule has 6 nitrogen and oxygen atoms in total. The van der Waals surface area contributed by atoms with Crippen molar-refractivity contribution in [3.05, 3.63) is 82.5 Å². The maximum Gasteiger partial charge on any atom is 0.244 e. The lowest BCUT2D eigenvalue weighted by Crippen LogP contribution is -2.23. The van der Waals surface area contributed by atoms with E-state index in [9.17, 15) is 14.0 Å². The van der Waals surface area contributed by atoms with Gasteiger partial charge in [0.05, 0.1) is 5.52 Å². The van der Waals surface area contributed by atoms with Gasteiger partial charge in [0.25, 0.3) is 0 Å². The summed E-state index contributed by atoms with van der Waals surface area (Å²) >= 11 is 0. The molecule has 0 saturated carbocycles. The van der Waals surface area contributed by atoms with Gasteiger partial charge in [0.15, 0.2) is 0 Å². The standard InChI is InChI=1S/C26H24FN3O3/c1-15-3-7-21(27)26-25(15)20(16(2)30-26)11-12-29-24(32)10-5-17-4-8-22-18(13-17)14-19(33-22)6-9-23(28)31/h3-10,13-14,30H,11-12H2,1-2H3,(H2,28,31)(H,29,32)/b9-6+,10-5+. The first-order valence-corrected chi connectivity index (χ1v) is 10.5. The molecule has 2 aromatic carbocycles. The summed E-state index contributed by atoms with van der Waals surface area (Å²) in [7, 11) is 0. The van der Waals surface area contributed by atoms with Gasteiger partial charge in [-0.05, 0) is 73.4 Å². The molecule has 0 unspecified atom stereocenters. The largest absolute Gasteiger partial charge is 0.457 e. The van der Waals surface area contributed by atoms with Gasteiger partial charge in [-0.15, -0.1) is 0 Å². The van der Waals surface area contributed by atoms with Crippen molar-refractivity contribution in [2.24, 2.45) is 5.73 Å². The molecule has 4 aromatic rings. The van der Waals surface area contributed by atoms with Crippen molar-refractivity contribution in [3.8, 4) is 0 Å². The molecule has 0 aliphatic heterocycles. The number of furan rings is 1. The summed E-state index contributed by atoms with van der Waals surface area (Å²) in [6.45, 7) is 4.30. The maximum atomic E-state index is 14.1. The third-order valence-electron chi connectivity index (χ3n) is 5.50. The van der Waals surface area contributed by atoms with Crippen LogP contribution in [0.25, 0.3) is 34.0 Å². The van der Waals surface area contributed by atoms with E-state index < -0.39 is 5.91 Å². The van der Waals surface area contributed by atoms with Gasteiger partial charge >= 0.3 is 0 Å². The number of primary amides is 1. The molecule has 2 amide bonds. The molecule has 0 radical (unpaired) electrons. The highest BCUT2D eigenvalue weighted by Crippen LogP contribution is 2.28. The Morgan fingerprint density at radius 2 is 1.94 bits per heavy atom. The quantitative estimate of drug-likeness (QED) is 0.364. The number of aryl methyl sites for hydroxylation is 2. The summed E-state index contributed by atoms with van der Waals surface area (Å²) in [4.78, 5) is 26.3. The molecular weight excluding hydrogens is 421 g/mol. The van der Waals surface area contributed by atoms with E-state index in [1.54, 1.807) is 24.3 Å². The van der Waals surface area contributed by atoms with E-state index in [0.29, 0.717) is 29.8 Å². The van der Waals surface area contributed by atoms with Crippen LogP contribution < -0.4 is 11.1 Å². The number of nitrogens with two attached hydrogens (primary N) is 1. The van der Waals surface area contributed by atoms with Gasteiger partial charge in [0.1, 0.15) is 17.2 Å². The van der Waals surface area contributed by atoms with E-state index in [-0.39, 0.29) is 11.7 Å². The Hall–Kier alpha value is -4.13. The number of nitrogens with one attached hydrogen (secondary N) is 2. The Balaban J connectivity index is 1.39. The number of rotatable bonds is 7. The smallest absolute Gasteiger partial charge is 0.244 e. The Bertz CT molecular complexity index is 1430. The van der Waals surface area contributed by atoms with E-state index in [2.05, 4.69) is 10.3 Å². The minimum Gasteiger partial charge on any atom is -0.457 e. The number of H-pyrrole nitrogens is 1. The van der Waals surface area contributed by atoms with Gasteiger partial charge < -0.3 is 20.5 Å². The van der Waals surface area contributed by atoms with Crippen LogP contribution in [0.5, 0.6) is 0 Å². The van der Waals surface area contributed by atoms with Crippen LogP contribution >= 0.6 is 0 Å². The minimum atomic E-state index is -0.549. The normalized spacial score (nSPS) is 11.8. The highest BCUT2D eigenvalue weighted by molar-refractivity contribution is 5.93. The molecule has 168 valence electrons. The number of amides is 2. The topological polar surface area (TPSA) is 101 Å². The number of aromatic amines is 1. The lowest BCUT2D eigenvalue weighted by Gasteiger charge is -2.05. The van der Waals surface area contributed by atoms with E-state index in [0.717, 1.165) is 33.2 Å². The molecule has 7 heteroatoms. The molecule has 4 rings (SSSR count). The zero-order chi connectivity index (χ0) is 23.5. The average Bonchev–Trinajstić information content (AvgIpc) is 3.34. The van der Waals surface area contributed by atoms with Crippen LogP contribution in [0.15, 0.2) is 53.0 Å². The van der Waals surface area contributed by atoms with E-state index >= 15 is 0 Å². The zero-order valence-electron chi connectivity index (χ0n) is 18.4. The Morgan fingerprint density at radius 3 is 2.73 bits per heavy atom. The van der Waals surface area contributed by atoms with Crippen LogP contribution in [-0.2, 0) is 16.0 Å². The van der Waals surface area contributed by atoms with Gasteiger partial charge in [-0.3, -0.25) is 9.59 Å². The first-order chi connectivity index (χ1) is 15.8. The maximum absolute atomic E-state index is 14.1. The Morgan fingerprint density at radius 1 is 1.12 bits per heavy atom. The minimum absolute atomic E-state index is 0.215. The summed E-state index contributed by atoms with van der Waals surface area (Å²) in [5.74, 6) is -0.520. The second kappa shape index (κ2) is 9.16. The molecule has 0 saturated heterocycles. The molecule has 2 heterocycles. The monoisotopic (exact) mass is 445 g/mol.